The highest BCUT2D eigenvalue weighted by Gasteiger charge is 2.17. The number of thiophene rings is 1. The molecular weight excluding hydrogens is 330 g/mol. The SMILES string of the molecule is COC(=O)c1occc1CN(C)Cc1ccc(Br)s1. The van der Waals surface area contributed by atoms with E-state index in [0.29, 0.717) is 6.54 Å². The van der Waals surface area contributed by atoms with Crippen molar-refractivity contribution >= 4 is 33.2 Å². The number of carbonyl (C=O) groups is 1. The van der Waals surface area contributed by atoms with Crippen molar-refractivity contribution in [2.75, 3.05) is 14.2 Å². The summed E-state index contributed by atoms with van der Waals surface area (Å²) in [5.74, 6) is -0.158. The number of nitrogens with zero attached hydrogens (tertiary/aromatic N) is 1. The molecule has 0 aliphatic heterocycles. The highest BCUT2D eigenvalue weighted by Crippen LogP contribution is 2.23. The van der Waals surface area contributed by atoms with Crippen LogP contribution < -0.4 is 0 Å². The molecule has 0 atom stereocenters. The van der Waals surface area contributed by atoms with Gasteiger partial charge in [-0.15, -0.1) is 11.3 Å². The zero-order valence-corrected chi connectivity index (χ0v) is 13.1. The smallest absolute Gasteiger partial charge is 0.374 e. The fourth-order valence-corrected chi connectivity index (χ4v) is 3.34. The summed E-state index contributed by atoms with van der Waals surface area (Å²) in [6.45, 7) is 1.46. The molecule has 0 aliphatic rings. The molecule has 0 saturated heterocycles. The molecule has 0 aromatic carbocycles. The van der Waals surface area contributed by atoms with Gasteiger partial charge in [-0.2, -0.15) is 0 Å². The summed E-state index contributed by atoms with van der Waals surface area (Å²) in [4.78, 5) is 14.9. The van der Waals surface area contributed by atoms with Gasteiger partial charge in [-0.05, 0) is 41.2 Å². The number of furan rings is 1. The third-order valence-corrected chi connectivity index (χ3v) is 4.22. The Bertz CT molecular complexity index is 564. The standard InChI is InChI=1S/C13H14BrNO3S/c1-15(8-10-3-4-11(14)19-10)7-9-5-6-18-12(9)13(16)17-2/h3-6H,7-8H2,1-2H3. The summed E-state index contributed by atoms with van der Waals surface area (Å²) in [7, 11) is 3.35. The van der Waals surface area contributed by atoms with E-state index >= 15 is 0 Å². The predicted octanol–water partition coefficient (Wildman–Crippen LogP) is 3.52. The van der Waals surface area contributed by atoms with E-state index in [1.165, 1.54) is 18.3 Å². The van der Waals surface area contributed by atoms with E-state index in [4.69, 9.17) is 4.42 Å². The van der Waals surface area contributed by atoms with E-state index in [0.717, 1.165) is 15.9 Å². The van der Waals surface area contributed by atoms with Crippen LogP contribution in [0, 0.1) is 0 Å². The third kappa shape index (κ3) is 3.68. The summed E-state index contributed by atoms with van der Waals surface area (Å²) in [5.41, 5.74) is 0.838. The molecule has 2 rings (SSSR count). The first kappa shape index (κ1) is 14.3. The van der Waals surface area contributed by atoms with Crippen molar-refractivity contribution in [3.8, 4) is 0 Å². The van der Waals surface area contributed by atoms with Crippen LogP contribution in [-0.2, 0) is 17.8 Å². The van der Waals surface area contributed by atoms with Gasteiger partial charge in [-0.25, -0.2) is 4.79 Å². The molecule has 6 heteroatoms. The molecule has 0 fully saturated rings. The molecule has 19 heavy (non-hydrogen) atoms. The number of halogens is 1. The van der Waals surface area contributed by atoms with Gasteiger partial charge < -0.3 is 9.15 Å². The van der Waals surface area contributed by atoms with Gasteiger partial charge in [0.1, 0.15) is 0 Å². The Morgan fingerprint density at radius 1 is 1.42 bits per heavy atom. The minimum absolute atomic E-state index is 0.279. The van der Waals surface area contributed by atoms with E-state index in [-0.39, 0.29) is 5.76 Å². The van der Waals surface area contributed by atoms with Gasteiger partial charge in [0.05, 0.1) is 17.2 Å². The maximum Gasteiger partial charge on any atom is 0.374 e. The monoisotopic (exact) mass is 343 g/mol. The van der Waals surface area contributed by atoms with E-state index < -0.39 is 5.97 Å². The Labute approximate surface area is 124 Å². The fourth-order valence-electron chi connectivity index (χ4n) is 1.78. The van der Waals surface area contributed by atoms with E-state index in [2.05, 4.69) is 31.6 Å². The molecule has 2 aromatic rings. The van der Waals surface area contributed by atoms with Gasteiger partial charge in [-0.3, -0.25) is 4.90 Å². The first-order valence-electron chi connectivity index (χ1n) is 5.67. The Kier molecular flexibility index (Phi) is 4.79. The van der Waals surface area contributed by atoms with E-state index in [9.17, 15) is 4.79 Å². The number of rotatable bonds is 5. The van der Waals surface area contributed by atoms with Crippen LogP contribution in [0.15, 0.2) is 32.7 Å². The van der Waals surface area contributed by atoms with Gasteiger partial charge in [0.2, 0.25) is 5.76 Å². The normalized spacial score (nSPS) is 10.9. The maximum atomic E-state index is 11.5. The van der Waals surface area contributed by atoms with Crippen molar-refractivity contribution in [3.05, 3.63) is 44.4 Å². The number of carbonyl (C=O) groups excluding carboxylic acids is 1. The first-order chi connectivity index (χ1) is 9.10. The average molecular weight is 344 g/mol. The molecule has 0 unspecified atom stereocenters. The number of methoxy groups -OCH3 is 1. The summed E-state index contributed by atoms with van der Waals surface area (Å²) in [5, 5.41) is 0. The number of hydrogen-bond acceptors (Lipinski definition) is 5. The van der Waals surface area contributed by atoms with Crippen LogP contribution in [-0.4, -0.2) is 25.0 Å². The van der Waals surface area contributed by atoms with Crippen molar-refractivity contribution in [3.63, 3.8) is 0 Å². The molecule has 0 radical (unpaired) electrons. The van der Waals surface area contributed by atoms with Crippen molar-refractivity contribution in [1.29, 1.82) is 0 Å². The number of esters is 1. The molecule has 2 aromatic heterocycles. The van der Waals surface area contributed by atoms with E-state index in [1.807, 2.05) is 13.1 Å². The lowest BCUT2D eigenvalue weighted by molar-refractivity contribution is 0.0562. The highest BCUT2D eigenvalue weighted by molar-refractivity contribution is 9.11. The Balaban J connectivity index is 2.01. The molecule has 102 valence electrons. The summed E-state index contributed by atoms with van der Waals surface area (Å²) >= 11 is 5.15. The lowest BCUT2D eigenvalue weighted by Gasteiger charge is -2.14. The van der Waals surface area contributed by atoms with Crippen molar-refractivity contribution < 1.29 is 13.9 Å². The molecule has 2 heterocycles. The van der Waals surface area contributed by atoms with Gasteiger partial charge in [0.15, 0.2) is 0 Å². The maximum absolute atomic E-state index is 11.5. The van der Waals surface area contributed by atoms with Crippen LogP contribution in [0.25, 0.3) is 0 Å². The van der Waals surface area contributed by atoms with Crippen LogP contribution in [0.5, 0.6) is 0 Å². The second kappa shape index (κ2) is 6.36. The third-order valence-electron chi connectivity index (χ3n) is 2.61. The number of hydrogen-bond donors (Lipinski definition) is 0. The van der Waals surface area contributed by atoms with Crippen molar-refractivity contribution in [2.24, 2.45) is 0 Å². The molecule has 4 nitrogen and oxygen atoms in total. The topological polar surface area (TPSA) is 42.7 Å². The molecule has 0 saturated carbocycles. The second-order valence-corrected chi connectivity index (χ2v) is 6.69. The van der Waals surface area contributed by atoms with Crippen LogP contribution >= 0.6 is 27.3 Å². The second-order valence-electron chi connectivity index (χ2n) is 4.14. The summed E-state index contributed by atoms with van der Waals surface area (Å²) < 4.78 is 11.0. The Morgan fingerprint density at radius 2 is 2.21 bits per heavy atom. The Morgan fingerprint density at radius 3 is 2.84 bits per heavy atom. The zero-order chi connectivity index (χ0) is 13.8. The lowest BCUT2D eigenvalue weighted by atomic mass is 10.2. The fraction of sp³-hybridized carbons (Fsp3) is 0.308. The van der Waals surface area contributed by atoms with Gasteiger partial charge in [0, 0.05) is 23.5 Å². The highest BCUT2D eigenvalue weighted by atomic mass is 79.9. The molecule has 0 N–H and O–H groups in total. The van der Waals surface area contributed by atoms with Crippen LogP contribution in [0.3, 0.4) is 0 Å². The van der Waals surface area contributed by atoms with Crippen LogP contribution in [0.1, 0.15) is 21.0 Å². The van der Waals surface area contributed by atoms with Crippen molar-refractivity contribution in [1.82, 2.24) is 4.90 Å². The number of ether oxygens (including phenoxy) is 1. The summed E-state index contributed by atoms with van der Waals surface area (Å²) in [6.07, 6.45) is 1.51. The predicted molar refractivity (Wildman–Crippen MR) is 77.2 cm³/mol. The molecular formula is C13H14BrNO3S. The first-order valence-corrected chi connectivity index (χ1v) is 7.28. The minimum Gasteiger partial charge on any atom is -0.463 e. The zero-order valence-electron chi connectivity index (χ0n) is 10.7. The quantitative estimate of drug-likeness (QED) is 0.779. The minimum atomic E-state index is -0.438. The summed E-state index contributed by atoms with van der Waals surface area (Å²) in [6, 6.07) is 5.92. The Hall–Kier alpha value is -1.11. The van der Waals surface area contributed by atoms with E-state index in [1.54, 1.807) is 17.4 Å². The largest absolute Gasteiger partial charge is 0.463 e. The van der Waals surface area contributed by atoms with Gasteiger partial charge in [-0.1, -0.05) is 0 Å². The van der Waals surface area contributed by atoms with Gasteiger partial charge in [0.25, 0.3) is 0 Å². The molecule has 0 aliphatic carbocycles. The average Bonchev–Trinajstić information content (AvgIpc) is 2.97. The van der Waals surface area contributed by atoms with Crippen LogP contribution in [0.4, 0.5) is 0 Å². The molecule has 0 bridgehead atoms. The molecule has 0 amide bonds. The van der Waals surface area contributed by atoms with Gasteiger partial charge >= 0.3 is 5.97 Å². The lowest BCUT2D eigenvalue weighted by Crippen LogP contribution is -2.18. The van der Waals surface area contributed by atoms with Crippen LogP contribution in [0.2, 0.25) is 0 Å². The van der Waals surface area contributed by atoms with Crippen molar-refractivity contribution in [2.45, 2.75) is 13.1 Å². The molecule has 0 spiro atoms.